The van der Waals surface area contributed by atoms with Gasteiger partial charge in [-0.15, -0.1) is 11.6 Å². The second kappa shape index (κ2) is 3.62. The van der Waals surface area contributed by atoms with Gasteiger partial charge in [0.2, 0.25) is 0 Å². The molecule has 0 atom stereocenters. The Labute approximate surface area is 65.2 Å². The van der Waals surface area contributed by atoms with E-state index in [1.807, 2.05) is 6.92 Å². The van der Waals surface area contributed by atoms with Crippen LogP contribution in [0.5, 0.6) is 0 Å². The van der Waals surface area contributed by atoms with Crippen LogP contribution in [0.4, 0.5) is 0 Å². The van der Waals surface area contributed by atoms with Crippen LogP contribution in [-0.4, -0.2) is 10.9 Å². The van der Waals surface area contributed by atoms with Crippen molar-refractivity contribution in [2.24, 2.45) is 0 Å². The van der Waals surface area contributed by atoms with Gasteiger partial charge >= 0.3 is 0 Å². The van der Waals surface area contributed by atoms with Crippen LogP contribution < -0.4 is 0 Å². The van der Waals surface area contributed by atoms with Crippen molar-refractivity contribution in [1.29, 1.82) is 0 Å². The van der Waals surface area contributed by atoms with Crippen molar-refractivity contribution >= 4 is 11.6 Å². The van der Waals surface area contributed by atoms with Crippen molar-refractivity contribution in [1.82, 2.24) is 4.98 Å². The van der Waals surface area contributed by atoms with Gasteiger partial charge in [-0.25, -0.2) is 4.98 Å². The molecule has 0 aromatic carbocycles. The van der Waals surface area contributed by atoms with Gasteiger partial charge in [0, 0.05) is 12.3 Å². The zero-order valence-corrected chi connectivity index (χ0v) is 6.69. The third kappa shape index (κ3) is 2.03. The van der Waals surface area contributed by atoms with Gasteiger partial charge in [-0.3, -0.25) is 0 Å². The van der Waals surface area contributed by atoms with Crippen molar-refractivity contribution in [2.75, 3.05) is 5.88 Å². The molecule has 2 nitrogen and oxygen atoms in total. The minimum atomic E-state index is 0.668. The van der Waals surface area contributed by atoms with Crippen LogP contribution in [0.2, 0.25) is 0 Å². The van der Waals surface area contributed by atoms with Gasteiger partial charge < -0.3 is 4.42 Å². The molecule has 0 aliphatic heterocycles. The van der Waals surface area contributed by atoms with Gasteiger partial charge in [0.15, 0.2) is 5.89 Å². The van der Waals surface area contributed by atoms with E-state index < -0.39 is 0 Å². The Morgan fingerprint density at radius 1 is 1.70 bits per heavy atom. The van der Waals surface area contributed by atoms with Gasteiger partial charge in [-0.05, 0) is 13.3 Å². The zero-order chi connectivity index (χ0) is 7.40. The van der Waals surface area contributed by atoms with E-state index in [1.165, 1.54) is 0 Å². The number of rotatable bonds is 3. The van der Waals surface area contributed by atoms with E-state index >= 15 is 0 Å². The molecule has 0 aliphatic carbocycles. The fourth-order valence-electron chi connectivity index (χ4n) is 0.736. The molecule has 1 aromatic rings. The Morgan fingerprint density at radius 3 is 3.00 bits per heavy atom. The molecule has 0 radical (unpaired) electrons. The Kier molecular flexibility index (Phi) is 2.75. The Hall–Kier alpha value is -0.500. The smallest absolute Gasteiger partial charge is 0.194 e. The minimum absolute atomic E-state index is 0.668. The standard InChI is InChI=1S/C7H10ClNO/c1-6-5-10-7(9-6)3-2-4-8/h5H,2-4H2,1H3. The molecule has 3 heteroatoms. The van der Waals surface area contributed by atoms with Gasteiger partial charge in [0.1, 0.15) is 6.26 Å². The van der Waals surface area contributed by atoms with Crippen LogP contribution in [0.15, 0.2) is 10.7 Å². The van der Waals surface area contributed by atoms with E-state index in [2.05, 4.69) is 4.98 Å². The molecule has 0 saturated carbocycles. The lowest BCUT2D eigenvalue weighted by Crippen LogP contribution is -1.85. The van der Waals surface area contributed by atoms with E-state index in [0.29, 0.717) is 5.88 Å². The molecular weight excluding hydrogens is 150 g/mol. The number of aryl methyl sites for hydroxylation is 2. The Bertz CT molecular complexity index is 197. The lowest BCUT2D eigenvalue weighted by molar-refractivity contribution is 0.491. The first-order valence-electron chi connectivity index (χ1n) is 3.30. The van der Waals surface area contributed by atoms with Gasteiger partial charge in [0.05, 0.1) is 5.69 Å². The maximum atomic E-state index is 5.49. The van der Waals surface area contributed by atoms with Crippen LogP contribution in [0.1, 0.15) is 18.0 Å². The lowest BCUT2D eigenvalue weighted by Gasteiger charge is -1.87. The average Bonchev–Trinajstić information content (AvgIpc) is 2.31. The third-order valence-corrected chi connectivity index (χ3v) is 1.46. The molecule has 0 amide bonds. The fourth-order valence-corrected chi connectivity index (χ4v) is 0.869. The minimum Gasteiger partial charge on any atom is -0.449 e. The van der Waals surface area contributed by atoms with Gasteiger partial charge in [0.25, 0.3) is 0 Å². The van der Waals surface area contributed by atoms with E-state index in [9.17, 15) is 0 Å². The fraction of sp³-hybridized carbons (Fsp3) is 0.571. The van der Waals surface area contributed by atoms with Crippen molar-refractivity contribution in [2.45, 2.75) is 19.8 Å². The van der Waals surface area contributed by atoms with E-state index in [0.717, 1.165) is 24.4 Å². The lowest BCUT2D eigenvalue weighted by atomic mass is 10.3. The summed E-state index contributed by atoms with van der Waals surface area (Å²) in [7, 11) is 0. The molecule has 10 heavy (non-hydrogen) atoms. The molecule has 0 saturated heterocycles. The van der Waals surface area contributed by atoms with E-state index in [1.54, 1.807) is 6.26 Å². The normalized spacial score (nSPS) is 10.2. The van der Waals surface area contributed by atoms with Crippen molar-refractivity contribution in [3.05, 3.63) is 17.8 Å². The van der Waals surface area contributed by atoms with Crippen LogP contribution >= 0.6 is 11.6 Å². The van der Waals surface area contributed by atoms with E-state index in [4.69, 9.17) is 16.0 Å². The molecule has 0 fully saturated rings. The number of alkyl halides is 1. The first-order chi connectivity index (χ1) is 4.83. The van der Waals surface area contributed by atoms with Gasteiger partial charge in [-0.1, -0.05) is 0 Å². The monoisotopic (exact) mass is 159 g/mol. The SMILES string of the molecule is Cc1coc(CCCCl)n1. The predicted molar refractivity (Wildman–Crippen MR) is 40.3 cm³/mol. The molecule has 1 heterocycles. The summed E-state index contributed by atoms with van der Waals surface area (Å²) in [5, 5.41) is 0. The molecule has 0 N–H and O–H groups in total. The van der Waals surface area contributed by atoms with Gasteiger partial charge in [-0.2, -0.15) is 0 Å². The highest BCUT2D eigenvalue weighted by atomic mass is 35.5. The molecule has 0 bridgehead atoms. The number of halogens is 1. The molecule has 56 valence electrons. The summed E-state index contributed by atoms with van der Waals surface area (Å²) in [4.78, 5) is 4.12. The van der Waals surface area contributed by atoms with Crippen molar-refractivity contribution in [3.63, 3.8) is 0 Å². The maximum Gasteiger partial charge on any atom is 0.194 e. The molecule has 0 aliphatic rings. The molecule has 0 unspecified atom stereocenters. The van der Waals surface area contributed by atoms with E-state index in [-0.39, 0.29) is 0 Å². The third-order valence-electron chi connectivity index (χ3n) is 1.19. The summed E-state index contributed by atoms with van der Waals surface area (Å²) in [5.74, 6) is 1.46. The quantitative estimate of drug-likeness (QED) is 0.632. The highest BCUT2D eigenvalue weighted by Crippen LogP contribution is 2.03. The first kappa shape index (κ1) is 7.61. The summed E-state index contributed by atoms with van der Waals surface area (Å²) in [6, 6.07) is 0. The zero-order valence-electron chi connectivity index (χ0n) is 5.93. The molecule has 0 spiro atoms. The van der Waals surface area contributed by atoms with Crippen LogP contribution in [-0.2, 0) is 6.42 Å². The number of nitrogens with zero attached hydrogens (tertiary/aromatic N) is 1. The summed E-state index contributed by atoms with van der Waals surface area (Å²) < 4.78 is 5.10. The molecule has 1 rings (SSSR count). The second-order valence-corrected chi connectivity index (χ2v) is 2.55. The average molecular weight is 160 g/mol. The summed E-state index contributed by atoms with van der Waals surface area (Å²) in [6.07, 6.45) is 3.43. The molecule has 1 aromatic heterocycles. The number of hydrogen-bond donors (Lipinski definition) is 0. The number of aromatic nitrogens is 1. The topological polar surface area (TPSA) is 26.0 Å². The largest absolute Gasteiger partial charge is 0.449 e. The van der Waals surface area contributed by atoms with Crippen LogP contribution in [0.25, 0.3) is 0 Å². The highest BCUT2D eigenvalue weighted by molar-refractivity contribution is 6.17. The van der Waals surface area contributed by atoms with Crippen LogP contribution in [0, 0.1) is 6.92 Å². The summed E-state index contributed by atoms with van der Waals surface area (Å²) in [6.45, 7) is 1.91. The maximum absolute atomic E-state index is 5.49. The Balaban J connectivity index is 2.42. The summed E-state index contributed by atoms with van der Waals surface area (Å²) in [5.41, 5.74) is 0.935. The molecular formula is C7H10ClNO. The second-order valence-electron chi connectivity index (χ2n) is 2.18. The predicted octanol–water partition coefficient (Wildman–Crippen LogP) is 2.15. The number of oxazole rings is 1. The first-order valence-corrected chi connectivity index (χ1v) is 3.83. The van der Waals surface area contributed by atoms with Crippen LogP contribution in [0.3, 0.4) is 0 Å². The summed E-state index contributed by atoms with van der Waals surface area (Å²) >= 11 is 5.49. The highest BCUT2D eigenvalue weighted by Gasteiger charge is 1.97. The van der Waals surface area contributed by atoms with Crippen molar-refractivity contribution < 1.29 is 4.42 Å². The number of hydrogen-bond acceptors (Lipinski definition) is 2. The van der Waals surface area contributed by atoms with Crippen molar-refractivity contribution in [3.8, 4) is 0 Å². The Morgan fingerprint density at radius 2 is 2.50 bits per heavy atom.